The van der Waals surface area contributed by atoms with Gasteiger partial charge in [0.05, 0.1) is 9.16 Å². The number of hydrogen-bond donors (Lipinski definition) is 1. The monoisotopic (exact) mass is 448 g/mol. The van der Waals surface area contributed by atoms with E-state index in [2.05, 4.69) is 43.2 Å². The van der Waals surface area contributed by atoms with Crippen LogP contribution in [0.3, 0.4) is 0 Å². The molecule has 1 unspecified atom stereocenters. The molecule has 3 nitrogen and oxygen atoms in total. The average molecular weight is 451 g/mol. The predicted octanol–water partition coefficient (Wildman–Crippen LogP) is 5.58. The molecular formula is C14H11Br2ClN2OS. The van der Waals surface area contributed by atoms with Crippen molar-refractivity contribution in [1.29, 1.82) is 0 Å². The minimum Gasteiger partial charge on any atom is -0.323 e. The molecule has 0 radical (unpaired) electrons. The van der Waals surface area contributed by atoms with E-state index >= 15 is 0 Å². The number of fused-ring (bicyclic) bond motifs is 1. The van der Waals surface area contributed by atoms with Gasteiger partial charge in [-0.2, -0.15) is 0 Å². The minimum absolute atomic E-state index is 0.0798. The van der Waals surface area contributed by atoms with E-state index in [-0.39, 0.29) is 11.4 Å². The maximum atomic E-state index is 11.6. The Labute approximate surface area is 148 Å². The lowest BCUT2D eigenvalue weighted by atomic mass is 10.0. The fraction of sp³-hybridized carbons (Fsp3) is 0.214. The van der Waals surface area contributed by atoms with Crippen molar-refractivity contribution in [1.82, 2.24) is 4.90 Å². The first-order chi connectivity index (χ1) is 9.95. The van der Waals surface area contributed by atoms with E-state index in [4.69, 9.17) is 11.6 Å². The number of alkyl halides is 1. The van der Waals surface area contributed by atoms with Crippen molar-refractivity contribution < 1.29 is 4.79 Å². The standard InChI is InChI=1S/C14H11Br2ClN2OS/c1-19-6-8-4-7(2-3-10(8)18-14(19)20)12(17)11-5-9(15)13(16)21-11/h2-5,12H,6H2,1H3,(H,18,20). The summed E-state index contributed by atoms with van der Waals surface area (Å²) in [6.07, 6.45) is 0. The van der Waals surface area contributed by atoms with Crippen LogP contribution in [0.15, 0.2) is 32.5 Å². The summed E-state index contributed by atoms with van der Waals surface area (Å²) >= 11 is 15.2. The quantitative estimate of drug-likeness (QED) is 0.596. The zero-order valence-electron chi connectivity index (χ0n) is 11.0. The maximum absolute atomic E-state index is 11.6. The summed E-state index contributed by atoms with van der Waals surface area (Å²) in [5.74, 6) is 0. The Balaban J connectivity index is 1.93. The van der Waals surface area contributed by atoms with Crippen LogP contribution < -0.4 is 5.32 Å². The number of hydrogen-bond acceptors (Lipinski definition) is 2. The summed E-state index contributed by atoms with van der Waals surface area (Å²) in [6, 6.07) is 7.89. The highest BCUT2D eigenvalue weighted by Crippen LogP contribution is 2.41. The van der Waals surface area contributed by atoms with Gasteiger partial charge in [-0.1, -0.05) is 12.1 Å². The largest absolute Gasteiger partial charge is 0.323 e. The second-order valence-electron chi connectivity index (χ2n) is 4.84. The van der Waals surface area contributed by atoms with E-state index in [1.165, 1.54) is 0 Å². The van der Waals surface area contributed by atoms with Crippen LogP contribution in [0.4, 0.5) is 10.5 Å². The predicted molar refractivity (Wildman–Crippen MR) is 94.3 cm³/mol. The Morgan fingerprint density at radius 2 is 2.14 bits per heavy atom. The van der Waals surface area contributed by atoms with E-state index in [1.807, 2.05) is 18.2 Å². The van der Waals surface area contributed by atoms with Crippen LogP contribution in [0.2, 0.25) is 0 Å². The number of thiophene rings is 1. The number of halogens is 3. The molecule has 1 N–H and O–H groups in total. The van der Waals surface area contributed by atoms with Gasteiger partial charge in [0.1, 0.15) is 0 Å². The van der Waals surface area contributed by atoms with Gasteiger partial charge in [-0.3, -0.25) is 0 Å². The molecule has 0 spiro atoms. The van der Waals surface area contributed by atoms with Gasteiger partial charge in [-0.15, -0.1) is 22.9 Å². The number of anilines is 1. The number of urea groups is 1. The van der Waals surface area contributed by atoms with E-state index in [0.717, 1.165) is 30.0 Å². The van der Waals surface area contributed by atoms with E-state index in [1.54, 1.807) is 23.3 Å². The molecule has 1 aliphatic rings. The fourth-order valence-electron chi connectivity index (χ4n) is 2.21. The number of rotatable bonds is 2. The summed E-state index contributed by atoms with van der Waals surface area (Å²) in [6.45, 7) is 0.594. The van der Waals surface area contributed by atoms with Crippen LogP contribution in [0.1, 0.15) is 21.4 Å². The second kappa shape index (κ2) is 5.91. The molecule has 1 aromatic heterocycles. The van der Waals surface area contributed by atoms with Crippen molar-refractivity contribution in [2.75, 3.05) is 12.4 Å². The van der Waals surface area contributed by atoms with Crippen LogP contribution >= 0.6 is 54.8 Å². The Kier molecular flexibility index (Phi) is 4.32. The lowest BCUT2D eigenvalue weighted by molar-refractivity contribution is 0.218. The number of nitrogens with one attached hydrogen (secondary N) is 1. The van der Waals surface area contributed by atoms with Crippen molar-refractivity contribution in [3.8, 4) is 0 Å². The molecular weight excluding hydrogens is 439 g/mol. The first-order valence-electron chi connectivity index (χ1n) is 6.19. The smallest absolute Gasteiger partial charge is 0.321 e. The van der Waals surface area contributed by atoms with Crippen molar-refractivity contribution in [2.45, 2.75) is 11.9 Å². The van der Waals surface area contributed by atoms with Gasteiger partial charge < -0.3 is 10.2 Å². The first-order valence-corrected chi connectivity index (χ1v) is 9.03. The number of carbonyl (C=O) groups excluding carboxylic acids is 1. The third kappa shape index (κ3) is 2.99. The molecule has 0 saturated carbocycles. The molecule has 3 rings (SSSR count). The Bertz CT molecular complexity index is 699. The molecule has 0 saturated heterocycles. The molecule has 2 aromatic rings. The zero-order valence-corrected chi connectivity index (χ0v) is 15.7. The molecule has 1 aromatic carbocycles. The Morgan fingerprint density at radius 1 is 1.38 bits per heavy atom. The number of benzene rings is 1. The summed E-state index contributed by atoms with van der Waals surface area (Å²) in [5.41, 5.74) is 2.97. The van der Waals surface area contributed by atoms with Crippen molar-refractivity contribution >= 4 is 66.5 Å². The highest BCUT2D eigenvalue weighted by Gasteiger charge is 2.22. The van der Waals surface area contributed by atoms with Crippen LogP contribution in [0.25, 0.3) is 0 Å². The van der Waals surface area contributed by atoms with Crippen LogP contribution in [-0.2, 0) is 6.54 Å². The minimum atomic E-state index is -0.203. The third-order valence-electron chi connectivity index (χ3n) is 3.33. The van der Waals surface area contributed by atoms with Gasteiger partial charge >= 0.3 is 6.03 Å². The lowest BCUT2D eigenvalue weighted by Gasteiger charge is -2.26. The number of amides is 2. The number of nitrogens with zero attached hydrogens (tertiary/aromatic N) is 1. The molecule has 7 heteroatoms. The van der Waals surface area contributed by atoms with Crippen molar-refractivity contribution in [3.05, 3.63) is 48.5 Å². The average Bonchev–Trinajstić information content (AvgIpc) is 2.79. The van der Waals surface area contributed by atoms with Gasteiger partial charge in [0, 0.05) is 28.6 Å². The molecule has 2 amide bonds. The number of carbonyl (C=O) groups is 1. The van der Waals surface area contributed by atoms with Crippen LogP contribution in [0.5, 0.6) is 0 Å². The molecule has 1 atom stereocenters. The third-order valence-corrected chi connectivity index (χ3v) is 7.27. The molecule has 0 fully saturated rings. The van der Waals surface area contributed by atoms with Crippen LogP contribution in [-0.4, -0.2) is 18.0 Å². The Morgan fingerprint density at radius 3 is 2.81 bits per heavy atom. The molecule has 2 heterocycles. The zero-order chi connectivity index (χ0) is 15.1. The summed E-state index contributed by atoms with van der Waals surface area (Å²) in [4.78, 5) is 14.3. The van der Waals surface area contributed by atoms with Gasteiger partial charge in [-0.25, -0.2) is 4.79 Å². The molecule has 0 aliphatic carbocycles. The fourth-order valence-corrected chi connectivity index (χ4v) is 4.64. The normalized spacial score (nSPS) is 15.6. The first kappa shape index (κ1) is 15.3. The SMILES string of the molecule is CN1Cc2cc(C(Cl)c3cc(Br)c(Br)s3)ccc2NC1=O. The van der Waals surface area contributed by atoms with Crippen molar-refractivity contribution in [3.63, 3.8) is 0 Å². The molecule has 21 heavy (non-hydrogen) atoms. The molecule has 1 aliphatic heterocycles. The molecule has 110 valence electrons. The summed E-state index contributed by atoms with van der Waals surface area (Å²) < 4.78 is 2.05. The van der Waals surface area contributed by atoms with E-state index in [9.17, 15) is 4.79 Å². The topological polar surface area (TPSA) is 32.3 Å². The van der Waals surface area contributed by atoms with Gasteiger partial charge in [0.15, 0.2) is 0 Å². The van der Waals surface area contributed by atoms with Crippen molar-refractivity contribution in [2.24, 2.45) is 0 Å². The highest BCUT2D eigenvalue weighted by atomic mass is 79.9. The van der Waals surface area contributed by atoms with Gasteiger partial charge in [0.2, 0.25) is 0 Å². The van der Waals surface area contributed by atoms with E-state index < -0.39 is 0 Å². The summed E-state index contributed by atoms with van der Waals surface area (Å²) in [7, 11) is 1.77. The van der Waals surface area contributed by atoms with E-state index in [0.29, 0.717) is 6.54 Å². The maximum Gasteiger partial charge on any atom is 0.321 e. The second-order valence-corrected chi connectivity index (χ2v) is 8.53. The van der Waals surface area contributed by atoms with Gasteiger partial charge in [0.25, 0.3) is 0 Å². The van der Waals surface area contributed by atoms with Gasteiger partial charge in [-0.05, 0) is 55.1 Å². The van der Waals surface area contributed by atoms with Crippen LogP contribution in [0, 0.1) is 0 Å². The molecule has 0 bridgehead atoms. The lowest BCUT2D eigenvalue weighted by Crippen LogP contribution is -2.35. The summed E-state index contributed by atoms with van der Waals surface area (Å²) in [5, 5.41) is 2.66. The Hall–Kier alpha value is -0.560. The highest BCUT2D eigenvalue weighted by molar-refractivity contribution is 9.13.